The molecule has 1 heterocycles. The van der Waals surface area contributed by atoms with Gasteiger partial charge in [0, 0.05) is 20.5 Å². The first kappa shape index (κ1) is 21.1. The molecule has 1 aliphatic rings. The molecule has 24 heavy (non-hydrogen) atoms. The van der Waals surface area contributed by atoms with Gasteiger partial charge in [0.1, 0.15) is 12.9 Å². The second-order valence-electron chi connectivity index (χ2n) is 7.54. The van der Waals surface area contributed by atoms with Gasteiger partial charge in [-0.15, -0.1) is 6.42 Å². The second-order valence-corrected chi connectivity index (χ2v) is 12.3. The summed E-state index contributed by atoms with van der Waals surface area (Å²) in [5.41, 5.74) is -1.10. The Hall–Kier alpha value is -0.913. The molecule has 0 N–H and O–H groups in total. The minimum atomic E-state index is -2.02. The molecule has 0 aromatic rings. The topological polar surface area (TPSA) is 63.2 Å². The van der Waals surface area contributed by atoms with E-state index in [4.69, 9.17) is 29.8 Å². The molecule has 1 saturated heterocycles. The third kappa shape index (κ3) is 5.04. The summed E-state index contributed by atoms with van der Waals surface area (Å²) in [6, 6.07) is 0. The van der Waals surface area contributed by atoms with Gasteiger partial charge in [-0.25, -0.2) is 0 Å². The number of carbonyl (C=O) groups is 1. The maximum absolute atomic E-state index is 11.2. The van der Waals surface area contributed by atoms with Crippen LogP contribution in [-0.2, 0) is 28.2 Å². The zero-order valence-corrected chi connectivity index (χ0v) is 16.8. The summed E-state index contributed by atoms with van der Waals surface area (Å²) in [6.45, 7) is 12.3. The third-order valence-electron chi connectivity index (χ3n) is 4.65. The molecule has 0 aromatic carbocycles. The SMILES string of the molecule is C#C[C@]1(CO[Si](C)(C)C(C)(C)C)O[C@@H](OC(C)=O)C[C@@H]1OCOC. The van der Waals surface area contributed by atoms with E-state index in [9.17, 15) is 4.79 Å². The van der Waals surface area contributed by atoms with Crippen LogP contribution in [0.4, 0.5) is 0 Å². The van der Waals surface area contributed by atoms with Crippen LogP contribution in [0.3, 0.4) is 0 Å². The Labute approximate surface area is 146 Å². The van der Waals surface area contributed by atoms with Crippen LogP contribution in [0.25, 0.3) is 0 Å². The maximum Gasteiger partial charge on any atom is 0.304 e. The van der Waals surface area contributed by atoms with Gasteiger partial charge in [-0.3, -0.25) is 4.79 Å². The zero-order valence-electron chi connectivity index (χ0n) is 15.8. The smallest absolute Gasteiger partial charge is 0.304 e. The van der Waals surface area contributed by atoms with Crippen molar-refractivity contribution in [1.82, 2.24) is 0 Å². The van der Waals surface area contributed by atoms with E-state index in [1.54, 1.807) is 0 Å². The van der Waals surface area contributed by atoms with Crippen molar-refractivity contribution < 1.29 is 28.2 Å². The molecule has 0 amide bonds. The first-order valence-corrected chi connectivity index (χ1v) is 11.0. The van der Waals surface area contributed by atoms with Crippen LogP contribution in [-0.4, -0.2) is 52.8 Å². The van der Waals surface area contributed by atoms with Crippen LogP contribution in [0.2, 0.25) is 18.1 Å². The Bertz CT molecular complexity index is 478. The van der Waals surface area contributed by atoms with Gasteiger partial charge in [-0.1, -0.05) is 26.7 Å². The van der Waals surface area contributed by atoms with Crippen LogP contribution in [0.15, 0.2) is 0 Å². The molecular weight excluding hydrogens is 328 g/mol. The lowest BCUT2D eigenvalue weighted by molar-refractivity contribution is -0.187. The van der Waals surface area contributed by atoms with Crippen molar-refractivity contribution in [2.75, 3.05) is 20.5 Å². The zero-order chi connectivity index (χ0) is 18.6. The summed E-state index contributed by atoms with van der Waals surface area (Å²) in [4.78, 5) is 11.2. The van der Waals surface area contributed by atoms with Crippen molar-refractivity contribution in [1.29, 1.82) is 0 Å². The highest BCUT2D eigenvalue weighted by atomic mass is 28.4. The van der Waals surface area contributed by atoms with E-state index >= 15 is 0 Å². The fourth-order valence-corrected chi connectivity index (χ4v) is 3.14. The van der Waals surface area contributed by atoms with Crippen molar-refractivity contribution in [3.63, 3.8) is 0 Å². The van der Waals surface area contributed by atoms with E-state index in [-0.39, 0.29) is 18.4 Å². The average Bonchev–Trinajstić information content (AvgIpc) is 2.79. The van der Waals surface area contributed by atoms with Crippen molar-refractivity contribution >= 4 is 14.3 Å². The largest absolute Gasteiger partial charge is 0.436 e. The molecule has 6 nitrogen and oxygen atoms in total. The van der Waals surface area contributed by atoms with Crippen LogP contribution in [0.5, 0.6) is 0 Å². The first-order valence-electron chi connectivity index (χ1n) is 8.05. The minimum absolute atomic E-state index is 0.0412. The van der Waals surface area contributed by atoms with Crippen molar-refractivity contribution in [2.24, 2.45) is 0 Å². The Morgan fingerprint density at radius 2 is 2.04 bits per heavy atom. The molecule has 138 valence electrons. The molecule has 0 spiro atoms. The van der Waals surface area contributed by atoms with E-state index in [0.29, 0.717) is 6.42 Å². The van der Waals surface area contributed by atoms with Crippen molar-refractivity contribution in [2.45, 2.75) is 70.2 Å². The molecular formula is C17H30O6Si. The van der Waals surface area contributed by atoms with Gasteiger partial charge in [0.25, 0.3) is 0 Å². The molecule has 0 unspecified atom stereocenters. The number of hydrogen-bond donors (Lipinski definition) is 0. The summed E-state index contributed by atoms with van der Waals surface area (Å²) in [7, 11) is -0.490. The van der Waals surface area contributed by atoms with Crippen LogP contribution >= 0.6 is 0 Å². The quantitative estimate of drug-likeness (QED) is 0.302. The van der Waals surface area contributed by atoms with Gasteiger partial charge < -0.3 is 23.4 Å². The predicted molar refractivity (Wildman–Crippen MR) is 92.7 cm³/mol. The Kier molecular flexibility index (Phi) is 7.02. The Morgan fingerprint density at radius 3 is 2.50 bits per heavy atom. The van der Waals surface area contributed by atoms with Gasteiger partial charge in [-0.2, -0.15) is 0 Å². The van der Waals surface area contributed by atoms with Gasteiger partial charge in [-0.05, 0) is 18.1 Å². The molecule has 1 aliphatic heterocycles. The fraction of sp³-hybridized carbons (Fsp3) is 0.824. The van der Waals surface area contributed by atoms with E-state index in [1.807, 2.05) is 0 Å². The number of carbonyl (C=O) groups excluding carboxylic acids is 1. The predicted octanol–water partition coefficient (Wildman–Crippen LogP) is 2.68. The monoisotopic (exact) mass is 358 g/mol. The van der Waals surface area contributed by atoms with Gasteiger partial charge >= 0.3 is 5.97 Å². The van der Waals surface area contributed by atoms with E-state index < -0.39 is 32.3 Å². The molecule has 1 rings (SSSR count). The van der Waals surface area contributed by atoms with Crippen LogP contribution in [0.1, 0.15) is 34.1 Å². The standard InChI is InChI=1S/C17H30O6Si/c1-9-17(11-21-24(7,8)16(3,4)5)14(20-12-19-6)10-15(23-17)22-13(2)18/h1,14-15H,10-12H2,2-8H3/t14-,15+,17+/m0/s1. The summed E-state index contributed by atoms with van der Waals surface area (Å²) < 4.78 is 27.9. The second kappa shape index (κ2) is 7.98. The highest BCUT2D eigenvalue weighted by Gasteiger charge is 2.52. The summed E-state index contributed by atoms with van der Waals surface area (Å²) >= 11 is 0. The molecule has 0 radical (unpaired) electrons. The summed E-state index contributed by atoms with van der Waals surface area (Å²) in [5.74, 6) is 2.24. The lowest BCUT2D eigenvalue weighted by Crippen LogP contribution is -2.50. The van der Waals surface area contributed by atoms with Crippen molar-refractivity contribution in [3.05, 3.63) is 0 Å². The minimum Gasteiger partial charge on any atom is -0.436 e. The molecule has 0 aromatic heterocycles. The average molecular weight is 359 g/mol. The maximum atomic E-state index is 11.2. The molecule has 7 heteroatoms. The molecule has 3 atom stereocenters. The van der Waals surface area contributed by atoms with Gasteiger partial charge in [0.15, 0.2) is 13.9 Å². The number of hydrogen-bond acceptors (Lipinski definition) is 6. The Balaban J connectivity index is 2.93. The van der Waals surface area contributed by atoms with Gasteiger partial charge in [0.2, 0.25) is 6.29 Å². The van der Waals surface area contributed by atoms with Crippen molar-refractivity contribution in [3.8, 4) is 12.3 Å². The highest BCUT2D eigenvalue weighted by molar-refractivity contribution is 6.74. The number of ether oxygens (including phenoxy) is 4. The number of terminal acetylenes is 1. The highest BCUT2D eigenvalue weighted by Crippen LogP contribution is 2.40. The lowest BCUT2D eigenvalue weighted by Gasteiger charge is -2.39. The summed E-state index contributed by atoms with van der Waals surface area (Å²) in [6.07, 6.45) is 4.88. The van der Waals surface area contributed by atoms with E-state index in [0.717, 1.165) is 0 Å². The number of methoxy groups -OCH3 is 1. The Morgan fingerprint density at radius 1 is 1.42 bits per heavy atom. The van der Waals surface area contributed by atoms with E-state index in [2.05, 4.69) is 39.8 Å². The normalized spacial score (nSPS) is 27.8. The molecule has 0 bridgehead atoms. The third-order valence-corrected chi connectivity index (χ3v) is 9.13. The first-order chi connectivity index (χ1) is 11.0. The number of rotatable bonds is 7. The molecule has 0 saturated carbocycles. The van der Waals surface area contributed by atoms with Crippen LogP contribution in [0, 0.1) is 12.3 Å². The molecule has 1 fully saturated rings. The fourth-order valence-electron chi connectivity index (χ4n) is 2.13. The van der Waals surface area contributed by atoms with Gasteiger partial charge in [0.05, 0.1) is 6.61 Å². The lowest BCUT2D eigenvalue weighted by atomic mass is 9.99. The van der Waals surface area contributed by atoms with Crippen LogP contribution < -0.4 is 0 Å². The van der Waals surface area contributed by atoms with E-state index in [1.165, 1.54) is 14.0 Å². The molecule has 0 aliphatic carbocycles. The summed E-state index contributed by atoms with van der Waals surface area (Å²) in [5, 5.41) is 0.0412. The number of esters is 1.